The molecular formula is C23H21N4O9+. The summed E-state index contributed by atoms with van der Waals surface area (Å²) in [5.74, 6) is -1.43. The fraction of sp³-hybridized carbons (Fsp3) is 0.130. The molecule has 0 aliphatic rings. The summed E-state index contributed by atoms with van der Waals surface area (Å²) in [5.41, 5.74) is -0.915. The molecule has 13 heteroatoms. The number of rotatable bonds is 8. The lowest BCUT2D eigenvalue weighted by atomic mass is 10.2. The third kappa shape index (κ3) is 7.69. The highest BCUT2D eigenvalue weighted by Gasteiger charge is 2.30. The van der Waals surface area contributed by atoms with Crippen LogP contribution in [0.3, 0.4) is 0 Å². The van der Waals surface area contributed by atoms with E-state index in [0.29, 0.717) is 18.7 Å². The molecule has 0 saturated heterocycles. The van der Waals surface area contributed by atoms with Gasteiger partial charge in [0.05, 0.1) is 33.5 Å². The van der Waals surface area contributed by atoms with Crippen molar-refractivity contribution in [3.8, 4) is 5.75 Å². The van der Waals surface area contributed by atoms with E-state index in [2.05, 4.69) is 0 Å². The van der Waals surface area contributed by atoms with Gasteiger partial charge in [0.2, 0.25) is 12.2 Å². The highest BCUT2D eigenvalue weighted by Crippen LogP contribution is 2.38. The second-order valence-corrected chi connectivity index (χ2v) is 6.91. The molecule has 3 rings (SSSR count). The predicted molar refractivity (Wildman–Crippen MR) is 127 cm³/mol. The first-order valence-corrected chi connectivity index (χ1v) is 10.3. The van der Waals surface area contributed by atoms with E-state index in [1.807, 2.05) is 78.4 Å². The number of pyridine rings is 1. The van der Waals surface area contributed by atoms with Gasteiger partial charge in [-0.3, -0.25) is 30.3 Å². The van der Waals surface area contributed by atoms with E-state index in [9.17, 15) is 35.1 Å². The largest absolute Gasteiger partial charge is 0.497 e. The second kappa shape index (κ2) is 12.9. The summed E-state index contributed by atoms with van der Waals surface area (Å²) in [6, 6.07) is 16.8. The number of carbonyl (C=O) groups is 1. The monoisotopic (exact) mass is 497 g/mol. The Bertz CT molecular complexity index is 1260. The Morgan fingerprint density at radius 2 is 1.50 bits per heavy atom. The molecule has 0 aliphatic heterocycles. The van der Waals surface area contributed by atoms with E-state index in [0.717, 1.165) is 11.3 Å². The van der Waals surface area contributed by atoms with E-state index < -0.39 is 37.6 Å². The van der Waals surface area contributed by atoms with Crippen molar-refractivity contribution in [1.82, 2.24) is 0 Å². The van der Waals surface area contributed by atoms with Gasteiger partial charge in [0, 0.05) is 18.2 Å². The zero-order valence-corrected chi connectivity index (χ0v) is 18.9. The lowest BCUT2D eigenvalue weighted by Gasteiger charge is -2.01. The number of phenols is 1. The molecule has 0 bridgehead atoms. The van der Waals surface area contributed by atoms with Crippen LogP contribution in [0.4, 0.5) is 17.1 Å². The van der Waals surface area contributed by atoms with Crippen molar-refractivity contribution < 1.29 is 34.0 Å². The highest BCUT2D eigenvalue weighted by molar-refractivity contribution is 5.69. The summed E-state index contributed by atoms with van der Waals surface area (Å²) in [7, 11) is 0. The number of benzene rings is 2. The Labute approximate surface area is 204 Å². The van der Waals surface area contributed by atoms with Crippen LogP contribution in [0.15, 0.2) is 66.9 Å². The molecule has 0 saturated carbocycles. The molecule has 36 heavy (non-hydrogen) atoms. The van der Waals surface area contributed by atoms with Gasteiger partial charge >= 0.3 is 17.3 Å². The maximum atomic E-state index is 11.6. The van der Waals surface area contributed by atoms with E-state index in [4.69, 9.17) is 9.84 Å². The number of carbonyl (C=O) groups excluding carboxylic acids is 1. The van der Waals surface area contributed by atoms with Gasteiger partial charge in [-0.25, -0.2) is 4.79 Å². The van der Waals surface area contributed by atoms with Crippen molar-refractivity contribution in [3.63, 3.8) is 0 Å². The molecule has 1 aromatic heterocycles. The van der Waals surface area contributed by atoms with Gasteiger partial charge in [-0.1, -0.05) is 30.3 Å². The number of esters is 1. The summed E-state index contributed by atoms with van der Waals surface area (Å²) in [6.45, 7) is 2.44. The Balaban J connectivity index is 0.000000261. The highest BCUT2D eigenvalue weighted by atomic mass is 16.6. The van der Waals surface area contributed by atoms with Gasteiger partial charge in [0.15, 0.2) is 6.20 Å². The van der Waals surface area contributed by atoms with Crippen LogP contribution in [0.5, 0.6) is 5.75 Å². The maximum Gasteiger partial charge on any atom is 0.372 e. The third-order valence-electron chi connectivity index (χ3n) is 4.49. The molecule has 1 N–H and O–H groups in total. The van der Waals surface area contributed by atoms with Crippen molar-refractivity contribution in [1.29, 1.82) is 0 Å². The van der Waals surface area contributed by atoms with Crippen LogP contribution >= 0.6 is 0 Å². The lowest BCUT2D eigenvalue weighted by Crippen LogP contribution is -2.41. The van der Waals surface area contributed by atoms with Crippen molar-refractivity contribution in [2.24, 2.45) is 0 Å². The molecule has 1 heterocycles. The lowest BCUT2D eigenvalue weighted by molar-refractivity contribution is -0.687. The number of nitro benzene ring substituents is 3. The minimum Gasteiger partial charge on any atom is -0.497 e. The van der Waals surface area contributed by atoms with Crippen LogP contribution in [-0.4, -0.2) is 32.5 Å². The van der Waals surface area contributed by atoms with Crippen LogP contribution in [-0.2, 0) is 16.1 Å². The molecule has 0 amide bonds. The molecule has 0 spiro atoms. The molecule has 2 aromatic carbocycles. The smallest absolute Gasteiger partial charge is 0.372 e. The number of nitro groups is 3. The summed E-state index contributed by atoms with van der Waals surface area (Å²) < 4.78 is 6.85. The van der Waals surface area contributed by atoms with Crippen LogP contribution in [0.2, 0.25) is 0 Å². The normalized spacial score (nSPS) is 10.2. The summed E-state index contributed by atoms with van der Waals surface area (Å²) in [5, 5.41) is 40.2. The second-order valence-electron chi connectivity index (χ2n) is 6.91. The van der Waals surface area contributed by atoms with Gasteiger partial charge in [-0.15, -0.1) is 0 Å². The number of non-ortho nitro benzene ring substituents is 1. The Morgan fingerprint density at radius 3 is 2.03 bits per heavy atom. The van der Waals surface area contributed by atoms with Crippen molar-refractivity contribution in [2.75, 3.05) is 6.61 Å². The predicted octanol–water partition coefficient (Wildman–Crippen LogP) is 3.82. The Kier molecular flexibility index (Phi) is 9.68. The number of aromatic hydroxyl groups is 1. The minimum absolute atomic E-state index is 0.224. The molecule has 13 nitrogen and oxygen atoms in total. The molecule has 186 valence electrons. The molecule has 0 radical (unpaired) electrons. The third-order valence-corrected chi connectivity index (χ3v) is 4.49. The van der Waals surface area contributed by atoms with Crippen LogP contribution < -0.4 is 4.57 Å². The number of hydrogen-bond acceptors (Lipinski definition) is 9. The molecule has 0 atom stereocenters. The SMILES string of the molecule is CCOC(=O)C[n+]1ccccc1/C=C\c1ccccc1.O=[N+]([O-])c1cc([N+](=O)[O-])c(O)c([N+](=O)[O-])c1. The quantitative estimate of drug-likeness (QED) is 0.209. The van der Waals surface area contributed by atoms with Crippen LogP contribution in [0.1, 0.15) is 18.2 Å². The van der Waals surface area contributed by atoms with Crippen LogP contribution in [0, 0.1) is 30.3 Å². The summed E-state index contributed by atoms with van der Waals surface area (Å²) in [6.07, 6.45) is 5.90. The first-order chi connectivity index (χ1) is 17.1. The number of ether oxygens (including phenoxy) is 1. The number of phenolic OH excluding ortho intramolecular Hbond substituents is 1. The van der Waals surface area contributed by atoms with Gasteiger partial charge in [0.25, 0.3) is 11.4 Å². The fourth-order valence-electron chi connectivity index (χ4n) is 2.85. The van der Waals surface area contributed by atoms with Crippen molar-refractivity contribution >= 4 is 35.2 Å². The average molecular weight is 497 g/mol. The first-order valence-electron chi connectivity index (χ1n) is 10.3. The van der Waals surface area contributed by atoms with Crippen molar-refractivity contribution in [3.05, 3.63) is 108 Å². The molecule has 0 unspecified atom stereocenters. The topological polar surface area (TPSA) is 180 Å². The van der Waals surface area contributed by atoms with Crippen molar-refractivity contribution in [2.45, 2.75) is 13.5 Å². The van der Waals surface area contributed by atoms with Gasteiger partial charge in [0.1, 0.15) is 0 Å². The summed E-state index contributed by atoms with van der Waals surface area (Å²) >= 11 is 0. The fourth-order valence-corrected chi connectivity index (χ4v) is 2.85. The zero-order chi connectivity index (χ0) is 26.7. The average Bonchev–Trinajstić information content (AvgIpc) is 2.84. The number of aromatic nitrogens is 1. The molecule has 0 fully saturated rings. The van der Waals surface area contributed by atoms with Gasteiger partial charge < -0.3 is 9.84 Å². The minimum atomic E-state index is -1.21. The molecule has 3 aromatic rings. The van der Waals surface area contributed by atoms with E-state index in [-0.39, 0.29) is 12.5 Å². The van der Waals surface area contributed by atoms with E-state index >= 15 is 0 Å². The van der Waals surface area contributed by atoms with E-state index in [1.54, 1.807) is 0 Å². The first kappa shape index (κ1) is 27.0. The van der Waals surface area contributed by atoms with E-state index in [1.165, 1.54) is 0 Å². The maximum absolute atomic E-state index is 11.6. The van der Waals surface area contributed by atoms with Gasteiger partial charge in [-0.2, -0.15) is 4.57 Å². The van der Waals surface area contributed by atoms with Crippen LogP contribution in [0.25, 0.3) is 12.2 Å². The molecular weight excluding hydrogens is 476 g/mol. The number of nitrogens with zero attached hydrogens (tertiary/aromatic N) is 4. The Morgan fingerprint density at radius 1 is 0.917 bits per heavy atom. The molecule has 0 aliphatic carbocycles. The van der Waals surface area contributed by atoms with Gasteiger partial charge in [-0.05, 0) is 24.6 Å². The summed E-state index contributed by atoms with van der Waals surface area (Å²) in [4.78, 5) is 39.3. The Hall–Kier alpha value is -5.20. The number of hydrogen-bond donors (Lipinski definition) is 1. The zero-order valence-electron chi connectivity index (χ0n) is 18.9. The standard InChI is InChI=1S/C17H18NO2.C6H3N3O7/c1-2-20-17(19)14-18-13-7-6-10-16(18)12-11-15-8-4-3-5-9-15;10-6-4(8(13)14)1-3(7(11)12)2-5(6)9(15)16/h3-13H,2,14H2,1H3;1-2,10H/q+1;/b12-11-;.